The number of amides is 2. The van der Waals surface area contributed by atoms with Crippen LogP contribution in [0.1, 0.15) is 34.7 Å². The van der Waals surface area contributed by atoms with Crippen molar-refractivity contribution in [3.05, 3.63) is 137 Å². The summed E-state index contributed by atoms with van der Waals surface area (Å²) < 4.78 is 38.8. The monoisotopic (exact) mass is 680 g/mol. The Morgan fingerprint density at radius 3 is 2.38 bits per heavy atom. The summed E-state index contributed by atoms with van der Waals surface area (Å²) in [5.74, 6) is -1.95. The minimum Gasteiger partial charge on any atom is -0.448 e. The van der Waals surface area contributed by atoms with Crippen molar-refractivity contribution >= 4 is 28.6 Å². The second kappa shape index (κ2) is 16.4. The summed E-state index contributed by atoms with van der Waals surface area (Å²) in [7, 11) is 0. The van der Waals surface area contributed by atoms with Crippen molar-refractivity contribution in [1.29, 1.82) is 0 Å². The standard InChI is InChI=1S/C38H38F2N6O4/c39-28-11-5-26(6-12-28)35(27-7-13-29(40)14-8-27)36(41)37(47)46-34-21-42-18-17-25(34)10-16-32-20-43-31(22-49-32)23-50-38(48)44-19-30-15-9-24-3-1-2-4-33(24)45-30/h1-9,11-15,17-18,21,31-32,35-36,43H,10,16,19-20,22-23,41H2,(H,44,48)(H,46,47)/t31-,32+,36-/m0/s1. The second-order valence-corrected chi connectivity index (χ2v) is 12.2. The highest BCUT2D eigenvalue weighted by molar-refractivity contribution is 5.96. The van der Waals surface area contributed by atoms with E-state index in [-0.39, 0.29) is 25.3 Å². The third kappa shape index (κ3) is 9.03. The fourth-order valence-corrected chi connectivity index (χ4v) is 5.94. The zero-order chi connectivity index (χ0) is 34.9. The van der Waals surface area contributed by atoms with Crippen LogP contribution in [0.5, 0.6) is 0 Å². The smallest absolute Gasteiger partial charge is 0.407 e. The van der Waals surface area contributed by atoms with Crippen LogP contribution < -0.4 is 21.7 Å². The van der Waals surface area contributed by atoms with Crippen molar-refractivity contribution < 1.29 is 27.8 Å². The summed E-state index contributed by atoms with van der Waals surface area (Å²) in [5, 5.41) is 10.1. The third-order valence-electron chi connectivity index (χ3n) is 8.68. The Balaban J connectivity index is 0.970. The number of ether oxygens (including phenoxy) is 2. The van der Waals surface area contributed by atoms with Crippen LogP contribution in [0.25, 0.3) is 10.9 Å². The van der Waals surface area contributed by atoms with Gasteiger partial charge in [-0.25, -0.2) is 13.6 Å². The number of aryl methyl sites for hydroxylation is 1. The number of nitrogens with one attached hydrogen (secondary N) is 3. The summed E-state index contributed by atoms with van der Waals surface area (Å²) in [6.45, 7) is 1.34. The number of para-hydroxylation sites is 1. The number of aromatic nitrogens is 2. The molecule has 3 heterocycles. The third-order valence-corrected chi connectivity index (χ3v) is 8.68. The van der Waals surface area contributed by atoms with E-state index < -0.39 is 35.6 Å². The molecule has 0 spiro atoms. The van der Waals surface area contributed by atoms with E-state index in [0.717, 1.165) is 22.2 Å². The van der Waals surface area contributed by atoms with Gasteiger partial charge in [0.05, 0.1) is 54.4 Å². The largest absolute Gasteiger partial charge is 0.448 e. The Bertz CT molecular complexity index is 1860. The number of rotatable bonds is 12. The number of hydrogen-bond donors (Lipinski definition) is 4. The Labute approximate surface area is 288 Å². The molecule has 1 saturated heterocycles. The van der Waals surface area contributed by atoms with E-state index in [1.54, 1.807) is 36.7 Å². The topological polar surface area (TPSA) is 140 Å². The van der Waals surface area contributed by atoms with E-state index in [4.69, 9.17) is 15.2 Å². The first-order valence-corrected chi connectivity index (χ1v) is 16.4. The lowest BCUT2D eigenvalue weighted by Gasteiger charge is -2.30. The Morgan fingerprint density at radius 1 is 0.960 bits per heavy atom. The first kappa shape index (κ1) is 34.6. The maximum absolute atomic E-state index is 13.7. The van der Waals surface area contributed by atoms with Crippen molar-refractivity contribution in [1.82, 2.24) is 20.6 Å². The van der Waals surface area contributed by atoms with Gasteiger partial charge in [0, 0.05) is 24.0 Å². The molecule has 50 heavy (non-hydrogen) atoms. The summed E-state index contributed by atoms with van der Waals surface area (Å²) in [6, 6.07) is 23.7. The predicted octanol–water partition coefficient (Wildman–Crippen LogP) is 5.22. The molecule has 0 unspecified atom stereocenters. The molecule has 3 aromatic carbocycles. The van der Waals surface area contributed by atoms with Crippen molar-refractivity contribution in [2.45, 2.75) is 43.5 Å². The molecule has 258 valence electrons. The van der Waals surface area contributed by atoms with Crippen LogP contribution in [0, 0.1) is 11.6 Å². The lowest BCUT2D eigenvalue weighted by atomic mass is 9.85. The van der Waals surface area contributed by atoms with Gasteiger partial charge in [0.1, 0.15) is 18.2 Å². The zero-order valence-electron chi connectivity index (χ0n) is 27.2. The average molecular weight is 681 g/mol. The van der Waals surface area contributed by atoms with E-state index in [9.17, 15) is 18.4 Å². The number of nitrogens with zero attached hydrogens (tertiary/aromatic N) is 2. The van der Waals surface area contributed by atoms with Gasteiger partial charge in [0.25, 0.3) is 0 Å². The number of halogens is 2. The number of nitrogens with two attached hydrogens (primary N) is 1. The van der Waals surface area contributed by atoms with E-state index >= 15 is 0 Å². The molecule has 2 aromatic heterocycles. The highest BCUT2D eigenvalue weighted by Crippen LogP contribution is 2.29. The van der Waals surface area contributed by atoms with E-state index in [1.165, 1.54) is 24.3 Å². The van der Waals surface area contributed by atoms with Gasteiger partial charge in [0.2, 0.25) is 5.91 Å². The number of hydrogen-bond acceptors (Lipinski definition) is 8. The summed E-state index contributed by atoms with van der Waals surface area (Å²) in [4.78, 5) is 34.6. The van der Waals surface area contributed by atoms with Gasteiger partial charge in [-0.05, 0) is 72.0 Å². The van der Waals surface area contributed by atoms with Gasteiger partial charge in [-0.2, -0.15) is 0 Å². The van der Waals surface area contributed by atoms with E-state index in [1.807, 2.05) is 42.5 Å². The number of carbonyl (C=O) groups excluding carboxylic acids is 2. The van der Waals surface area contributed by atoms with Gasteiger partial charge >= 0.3 is 6.09 Å². The maximum atomic E-state index is 13.7. The molecule has 12 heteroatoms. The molecular weight excluding hydrogens is 642 g/mol. The molecule has 0 bridgehead atoms. The molecular formula is C38H38F2N6O4. The fourth-order valence-electron chi connectivity index (χ4n) is 5.94. The first-order valence-electron chi connectivity index (χ1n) is 16.4. The quantitative estimate of drug-likeness (QED) is 0.141. The molecule has 1 fully saturated rings. The summed E-state index contributed by atoms with van der Waals surface area (Å²) in [6.07, 6.45) is 3.84. The molecule has 1 aliphatic rings. The molecule has 0 radical (unpaired) electrons. The zero-order valence-corrected chi connectivity index (χ0v) is 27.2. The van der Waals surface area contributed by atoms with Crippen molar-refractivity contribution in [2.75, 3.05) is 25.1 Å². The molecule has 2 amide bonds. The van der Waals surface area contributed by atoms with Crippen LogP contribution in [0.3, 0.4) is 0 Å². The maximum Gasteiger partial charge on any atom is 0.407 e. The Hall–Kier alpha value is -5.30. The number of morpholine rings is 1. The van der Waals surface area contributed by atoms with Gasteiger partial charge in [0.15, 0.2) is 0 Å². The molecule has 5 aromatic rings. The molecule has 3 atom stereocenters. The van der Waals surface area contributed by atoms with Crippen LogP contribution >= 0.6 is 0 Å². The molecule has 0 aliphatic carbocycles. The number of benzene rings is 3. The number of carbonyl (C=O) groups is 2. The van der Waals surface area contributed by atoms with E-state index in [0.29, 0.717) is 42.8 Å². The van der Waals surface area contributed by atoms with Gasteiger partial charge in [-0.1, -0.05) is 48.5 Å². The first-order chi connectivity index (χ1) is 24.3. The van der Waals surface area contributed by atoms with Crippen LogP contribution in [0.2, 0.25) is 0 Å². The molecule has 1 aliphatic heterocycles. The van der Waals surface area contributed by atoms with Gasteiger partial charge in [-0.15, -0.1) is 0 Å². The molecule has 0 saturated carbocycles. The normalized spacial score (nSPS) is 16.6. The fraction of sp³-hybridized carbons (Fsp3) is 0.263. The number of anilines is 1. The highest BCUT2D eigenvalue weighted by Gasteiger charge is 2.29. The van der Waals surface area contributed by atoms with Crippen molar-refractivity contribution in [2.24, 2.45) is 5.73 Å². The molecule has 6 rings (SSSR count). The second-order valence-electron chi connectivity index (χ2n) is 12.2. The Morgan fingerprint density at radius 2 is 1.68 bits per heavy atom. The summed E-state index contributed by atoms with van der Waals surface area (Å²) >= 11 is 0. The Kier molecular flexibility index (Phi) is 11.3. The SMILES string of the molecule is N[C@H](C(=O)Nc1cnccc1CC[C@@H]1CN[C@H](COC(=O)NCc2ccc3ccccc3n2)CO1)C(c1ccc(F)cc1)c1ccc(F)cc1. The van der Waals surface area contributed by atoms with Crippen LogP contribution in [-0.4, -0.2) is 59.9 Å². The number of pyridine rings is 2. The summed E-state index contributed by atoms with van der Waals surface area (Å²) in [5.41, 5.74) is 10.7. The van der Waals surface area contributed by atoms with E-state index in [2.05, 4.69) is 25.9 Å². The minimum atomic E-state index is -1.07. The van der Waals surface area contributed by atoms with Crippen molar-refractivity contribution in [3.8, 4) is 0 Å². The number of fused-ring (bicyclic) bond motifs is 1. The van der Waals surface area contributed by atoms with Crippen LogP contribution in [0.15, 0.2) is 103 Å². The lowest BCUT2D eigenvalue weighted by molar-refractivity contribution is -0.117. The van der Waals surface area contributed by atoms with Crippen molar-refractivity contribution in [3.63, 3.8) is 0 Å². The highest BCUT2D eigenvalue weighted by atomic mass is 19.1. The molecule has 5 N–H and O–H groups in total. The average Bonchev–Trinajstić information content (AvgIpc) is 3.14. The van der Waals surface area contributed by atoms with Crippen LogP contribution in [-0.2, 0) is 27.2 Å². The molecule has 10 nitrogen and oxygen atoms in total. The minimum absolute atomic E-state index is 0.0978. The van der Waals surface area contributed by atoms with Gasteiger partial charge < -0.3 is 31.2 Å². The van der Waals surface area contributed by atoms with Gasteiger partial charge in [-0.3, -0.25) is 14.8 Å². The number of alkyl carbamates (subject to hydrolysis) is 1. The predicted molar refractivity (Wildman–Crippen MR) is 185 cm³/mol. The lowest BCUT2D eigenvalue weighted by Crippen LogP contribution is -2.49. The van der Waals surface area contributed by atoms with Crippen LogP contribution in [0.4, 0.5) is 19.3 Å².